The molecule has 0 aromatic rings. The molecule has 0 bridgehead atoms. The van der Waals surface area contributed by atoms with Crippen molar-refractivity contribution in [1.29, 1.82) is 0 Å². The van der Waals surface area contributed by atoms with Crippen molar-refractivity contribution < 1.29 is 28.6 Å². The van der Waals surface area contributed by atoms with Crippen molar-refractivity contribution in [2.24, 2.45) is 0 Å². The average Bonchev–Trinajstić information content (AvgIpc) is 3.22. The minimum absolute atomic E-state index is 0.0889. The van der Waals surface area contributed by atoms with Gasteiger partial charge in [-0.1, -0.05) is 178 Å². The Morgan fingerprint density at radius 3 is 1.17 bits per heavy atom. The van der Waals surface area contributed by atoms with Gasteiger partial charge in [-0.3, -0.25) is 14.4 Å². The molecule has 0 radical (unpaired) electrons. The van der Waals surface area contributed by atoms with Gasteiger partial charge in [-0.05, 0) is 96.3 Å². The highest BCUT2D eigenvalue weighted by molar-refractivity contribution is 5.71. The molecule has 0 aliphatic heterocycles. The van der Waals surface area contributed by atoms with E-state index >= 15 is 0 Å². The van der Waals surface area contributed by atoms with E-state index in [9.17, 15) is 14.4 Å². The molecule has 1 unspecified atom stereocenters. The second-order valence-electron chi connectivity index (χ2n) is 16.0. The largest absolute Gasteiger partial charge is 0.462 e. The Balaban J connectivity index is 4.32. The van der Waals surface area contributed by atoms with Gasteiger partial charge in [0.25, 0.3) is 0 Å². The highest BCUT2D eigenvalue weighted by Crippen LogP contribution is 2.14. The first kappa shape index (κ1) is 55.1. The van der Waals surface area contributed by atoms with Crippen LogP contribution in [0, 0.1) is 0 Å². The lowest BCUT2D eigenvalue weighted by Gasteiger charge is -2.18. The summed E-state index contributed by atoms with van der Waals surface area (Å²) < 4.78 is 16.7. The van der Waals surface area contributed by atoms with Crippen LogP contribution in [-0.2, 0) is 28.6 Å². The lowest BCUT2D eigenvalue weighted by atomic mass is 10.1. The van der Waals surface area contributed by atoms with E-state index in [1.807, 2.05) is 0 Å². The van der Waals surface area contributed by atoms with E-state index < -0.39 is 6.10 Å². The summed E-state index contributed by atoms with van der Waals surface area (Å²) in [5.41, 5.74) is 0. The molecule has 0 rings (SSSR count). The fourth-order valence-electron chi connectivity index (χ4n) is 6.57. The molecule has 1 atom stereocenters. The zero-order valence-electron chi connectivity index (χ0n) is 38.0. The maximum Gasteiger partial charge on any atom is 0.306 e. The normalized spacial score (nSPS) is 12.5. The van der Waals surface area contributed by atoms with E-state index in [1.165, 1.54) is 103 Å². The second-order valence-corrected chi connectivity index (χ2v) is 16.0. The Kier molecular flexibility index (Phi) is 44.5. The predicted molar refractivity (Wildman–Crippen MR) is 247 cm³/mol. The van der Waals surface area contributed by atoms with Crippen LogP contribution in [0.2, 0.25) is 0 Å². The Labute approximate surface area is 358 Å². The summed E-state index contributed by atoms with van der Waals surface area (Å²) in [5, 5.41) is 0. The summed E-state index contributed by atoms with van der Waals surface area (Å²) in [5.74, 6) is -0.941. The summed E-state index contributed by atoms with van der Waals surface area (Å²) in [7, 11) is 0. The minimum Gasteiger partial charge on any atom is -0.462 e. The highest BCUT2D eigenvalue weighted by Gasteiger charge is 2.19. The zero-order chi connectivity index (χ0) is 42.3. The quantitative estimate of drug-likeness (QED) is 0.0264. The predicted octanol–water partition coefficient (Wildman–Crippen LogP) is 15.7. The Hall–Kier alpha value is -2.89. The average molecular weight is 811 g/mol. The molecule has 0 saturated carbocycles. The van der Waals surface area contributed by atoms with Gasteiger partial charge in [-0.25, -0.2) is 0 Å². The van der Waals surface area contributed by atoms with Crippen molar-refractivity contribution in [3.05, 3.63) is 60.8 Å². The number of carbonyl (C=O) groups excluding carboxylic acids is 3. The Morgan fingerprint density at radius 2 is 0.690 bits per heavy atom. The lowest BCUT2D eigenvalue weighted by Crippen LogP contribution is -2.30. The molecule has 0 amide bonds. The van der Waals surface area contributed by atoms with Crippen molar-refractivity contribution >= 4 is 17.9 Å². The number of rotatable bonds is 43. The summed E-state index contributed by atoms with van der Waals surface area (Å²) in [4.78, 5) is 37.7. The van der Waals surface area contributed by atoms with E-state index in [2.05, 4.69) is 81.5 Å². The summed E-state index contributed by atoms with van der Waals surface area (Å²) in [6, 6.07) is 0. The number of carbonyl (C=O) groups is 3. The smallest absolute Gasteiger partial charge is 0.306 e. The van der Waals surface area contributed by atoms with Crippen LogP contribution in [0.15, 0.2) is 60.8 Å². The number of ether oxygens (including phenoxy) is 3. The molecule has 0 aromatic carbocycles. The topological polar surface area (TPSA) is 78.9 Å². The first-order valence-electron chi connectivity index (χ1n) is 24.3. The molecule has 6 heteroatoms. The van der Waals surface area contributed by atoms with Gasteiger partial charge >= 0.3 is 17.9 Å². The highest BCUT2D eigenvalue weighted by atomic mass is 16.6. The number of hydrogen-bond acceptors (Lipinski definition) is 6. The van der Waals surface area contributed by atoms with Gasteiger partial charge < -0.3 is 14.2 Å². The number of esters is 3. The van der Waals surface area contributed by atoms with Crippen molar-refractivity contribution in [2.45, 2.75) is 239 Å². The van der Waals surface area contributed by atoms with Crippen LogP contribution < -0.4 is 0 Å². The van der Waals surface area contributed by atoms with E-state index in [0.717, 1.165) is 83.5 Å². The first-order chi connectivity index (χ1) is 28.5. The maximum atomic E-state index is 12.7. The van der Waals surface area contributed by atoms with Crippen LogP contribution in [0.1, 0.15) is 233 Å². The second kappa shape index (κ2) is 46.8. The fraction of sp³-hybridized carbons (Fsp3) is 0.750. The van der Waals surface area contributed by atoms with Crippen LogP contribution in [-0.4, -0.2) is 37.2 Å². The zero-order valence-corrected chi connectivity index (χ0v) is 38.0. The summed E-state index contributed by atoms with van der Waals surface area (Å²) in [6.45, 7) is 6.43. The van der Waals surface area contributed by atoms with Crippen molar-refractivity contribution in [3.8, 4) is 0 Å². The van der Waals surface area contributed by atoms with Crippen molar-refractivity contribution in [2.75, 3.05) is 13.2 Å². The molecule has 0 heterocycles. The van der Waals surface area contributed by atoms with Crippen molar-refractivity contribution in [1.82, 2.24) is 0 Å². The first-order valence-corrected chi connectivity index (χ1v) is 24.3. The van der Waals surface area contributed by atoms with Gasteiger partial charge in [0.1, 0.15) is 13.2 Å². The molecule has 0 aliphatic rings. The standard InChI is InChI=1S/C52H90O6/c1-4-7-10-13-16-19-21-23-24-25-26-27-28-29-31-33-36-39-42-45-51(54)57-48-49(47-56-50(53)44-41-38-35-32-18-15-12-9-6-3)58-52(55)46-43-40-37-34-30-22-20-17-14-11-8-5-2/h7,10,16-17,19-20,23-24,32,35,49H,4-6,8-9,11-15,18,21-22,25-31,33-34,36-48H2,1-3H3/b10-7-,19-16-,20-17-,24-23-,35-32-. The number of unbranched alkanes of at least 4 members (excludes halogenated alkanes) is 22. The summed E-state index contributed by atoms with van der Waals surface area (Å²) in [6.07, 6.45) is 56.4. The fourth-order valence-corrected chi connectivity index (χ4v) is 6.57. The van der Waals surface area contributed by atoms with E-state index in [-0.39, 0.29) is 31.1 Å². The molecule has 58 heavy (non-hydrogen) atoms. The molecule has 0 aromatic heterocycles. The molecular weight excluding hydrogens is 721 g/mol. The van der Waals surface area contributed by atoms with Gasteiger partial charge in [-0.2, -0.15) is 0 Å². The monoisotopic (exact) mass is 811 g/mol. The lowest BCUT2D eigenvalue weighted by molar-refractivity contribution is -0.167. The third-order valence-corrected chi connectivity index (χ3v) is 10.2. The third kappa shape index (κ3) is 44.2. The van der Waals surface area contributed by atoms with Gasteiger partial charge in [0.15, 0.2) is 6.10 Å². The molecule has 0 aliphatic carbocycles. The van der Waals surface area contributed by atoms with Crippen LogP contribution in [0.25, 0.3) is 0 Å². The van der Waals surface area contributed by atoms with Crippen LogP contribution >= 0.6 is 0 Å². The van der Waals surface area contributed by atoms with Gasteiger partial charge in [-0.15, -0.1) is 0 Å². The Morgan fingerprint density at radius 1 is 0.362 bits per heavy atom. The van der Waals surface area contributed by atoms with Crippen LogP contribution in [0.3, 0.4) is 0 Å². The van der Waals surface area contributed by atoms with E-state index in [4.69, 9.17) is 14.2 Å². The molecule has 0 N–H and O–H groups in total. The Bertz CT molecular complexity index is 1070. The van der Waals surface area contributed by atoms with E-state index in [0.29, 0.717) is 25.7 Å². The SMILES string of the molecule is CC/C=C\C/C=C\C/C=C\CCCCCCCCCCCC(=O)OCC(COC(=O)CCC/C=C\CCCCCC)OC(=O)CCCCCCC/C=C\CCCCC. The van der Waals surface area contributed by atoms with E-state index in [1.54, 1.807) is 0 Å². The number of hydrogen-bond donors (Lipinski definition) is 0. The minimum atomic E-state index is -0.788. The molecular formula is C52H90O6. The van der Waals surface area contributed by atoms with Crippen LogP contribution in [0.4, 0.5) is 0 Å². The molecule has 0 spiro atoms. The summed E-state index contributed by atoms with van der Waals surface area (Å²) >= 11 is 0. The van der Waals surface area contributed by atoms with Crippen LogP contribution in [0.5, 0.6) is 0 Å². The van der Waals surface area contributed by atoms with Gasteiger partial charge in [0.2, 0.25) is 0 Å². The molecule has 0 fully saturated rings. The van der Waals surface area contributed by atoms with Gasteiger partial charge in [0, 0.05) is 19.3 Å². The maximum absolute atomic E-state index is 12.7. The number of allylic oxidation sites excluding steroid dienone is 10. The van der Waals surface area contributed by atoms with Gasteiger partial charge in [0.05, 0.1) is 0 Å². The van der Waals surface area contributed by atoms with Crippen molar-refractivity contribution in [3.63, 3.8) is 0 Å². The molecule has 0 saturated heterocycles. The molecule has 334 valence electrons. The molecule has 6 nitrogen and oxygen atoms in total. The third-order valence-electron chi connectivity index (χ3n) is 10.2.